The summed E-state index contributed by atoms with van der Waals surface area (Å²) in [4.78, 5) is 18.0. The molecule has 2 aliphatic heterocycles. The van der Waals surface area contributed by atoms with Gasteiger partial charge in [-0.15, -0.1) is 0 Å². The first-order chi connectivity index (χ1) is 16.7. The molecule has 0 bridgehead atoms. The lowest BCUT2D eigenvalue weighted by Gasteiger charge is -2.26. The fourth-order valence-electron chi connectivity index (χ4n) is 5.06. The van der Waals surface area contributed by atoms with Crippen molar-refractivity contribution >= 4 is 27.3 Å². The number of nitrogens with zero attached hydrogens (tertiary/aromatic N) is 2. The lowest BCUT2D eigenvalue weighted by Crippen LogP contribution is -2.41. The number of carbonyl (C=O) groups is 1. The number of morpholine rings is 1. The van der Waals surface area contributed by atoms with Gasteiger partial charge in [-0.3, -0.25) is 14.4 Å². The Morgan fingerprint density at radius 3 is 2.29 bits per heavy atom. The largest absolute Gasteiger partial charge is 0.379 e. The molecule has 0 aliphatic carbocycles. The lowest BCUT2D eigenvalue weighted by atomic mass is 10.1. The van der Waals surface area contributed by atoms with Gasteiger partial charge in [0.1, 0.15) is 0 Å². The zero-order chi connectivity index (χ0) is 25.0. The fraction of sp³-hybridized carbons (Fsp3) is 0.500. The van der Waals surface area contributed by atoms with E-state index < -0.39 is 10.0 Å². The number of benzene rings is 2. The van der Waals surface area contributed by atoms with Crippen molar-refractivity contribution in [2.45, 2.75) is 38.5 Å². The summed E-state index contributed by atoms with van der Waals surface area (Å²) < 4.78 is 34.7. The summed E-state index contributed by atoms with van der Waals surface area (Å²) in [5.74, 6) is -0.191. The van der Waals surface area contributed by atoms with Crippen molar-refractivity contribution in [3.63, 3.8) is 0 Å². The first-order valence-electron chi connectivity index (χ1n) is 12.3. The van der Waals surface area contributed by atoms with E-state index in [1.807, 2.05) is 25.1 Å². The van der Waals surface area contributed by atoms with Crippen LogP contribution in [-0.2, 0) is 14.8 Å². The van der Waals surface area contributed by atoms with E-state index in [1.165, 1.54) is 0 Å². The predicted octanol–water partition coefficient (Wildman–Crippen LogP) is 3.07. The summed E-state index contributed by atoms with van der Waals surface area (Å²) in [5.41, 5.74) is 4.13. The van der Waals surface area contributed by atoms with Crippen LogP contribution in [0.3, 0.4) is 0 Å². The normalized spacial score (nSPS) is 16.9. The zero-order valence-electron chi connectivity index (χ0n) is 20.9. The number of anilines is 2. The second-order valence-electron chi connectivity index (χ2n) is 9.47. The molecule has 0 aromatic heterocycles. The maximum absolute atomic E-state index is 13.3. The summed E-state index contributed by atoms with van der Waals surface area (Å²) >= 11 is 0. The van der Waals surface area contributed by atoms with Gasteiger partial charge in [0.05, 0.1) is 23.7 Å². The highest BCUT2D eigenvalue weighted by Gasteiger charge is 2.24. The smallest absolute Gasteiger partial charge is 0.262 e. The maximum Gasteiger partial charge on any atom is 0.262 e. The average molecular weight is 501 g/mol. The molecule has 2 N–H and O–H groups in total. The third kappa shape index (κ3) is 6.15. The van der Waals surface area contributed by atoms with Crippen LogP contribution >= 0.6 is 0 Å². The Labute approximate surface area is 208 Å². The number of nitrogens with one attached hydrogen (secondary N) is 2. The third-order valence-corrected chi connectivity index (χ3v) is 8.32. The van der Waals surface area contributed by atoms with E-state index in [0.717, 1.165) is 70.0 Å². The third-order valence-electron chi connectivity index (χ3n) is 6.63. The first kappa shape index (κ1) is 25.5. The van der Waals surface area contributed by atoms with E-state index in [9.17, 15) is 13.2 Å². The highest BCUT2D eigenvalue weighted by molar-refractivity contribution is 7.92. The number of rotatable bonds is 8. The molecule has 2 fully saturated rings. The standard InChI is InChI=1S/C26H36N4O4S/c1-19-16-20(2)25(21(3)17-19)35(32,33)28-22-6-7-24(30-9-4-5-10-30)23(18-22)26(31)27-8-11-29-12-14-34-15-13-29/h6-7,16-18,28H,4-5,8-15H2,1-3H3,(H,27,31). The van der Waals surface area contributed by atoms with E-state index in [4.69, 9.17) is 4.74 Å². The maximum atomic E-state index is 13.3. The molecule has 2 aromatic rings. The van der Waals surface area contributed by atoms with E-state index >= 15 is 0 Å². The minimum atomic E-state index is -3.81. The van der Waals surface area contributed by atoms with Crippen molar-refractivity contribution in [1.82, 2.24) is 10.2 Å². The van der Waals surface area contributed by atoms with Gasteiger partial charge < -0.3 is 15.0 Å². The number of sulfonamides is 1. The van der Waals surface area contributed by atoms with Gasteiger partial charge in [0, 0.05) is 50.6 Å². The summed E-state index contributed by atoms with van der Waals surface area (Å²) in [5, 5.41) is 3.03. The molecule has 2 aliphatic rings. The van der Waals surface area contributed by atoms with Gasteiger partial charge in [0.15, 0.2) is 0 Å². The molecule has 0 atom stereocenters. The van der Waals surface area contributed by atoms with Gasteiger partial charge in [0.2, 0.25) is 0 Å². The molecule has 35 heavy (non-hydrogen) atoms. The number of amides is 1. The Kier molecular flexibility index (Phi) is 7.98. The summed E-state index contributed by atoms with van der Waals surface area (Å²) in [6, 6.07) is 8.99. The molecule has 2 aromatic carbocycles. The molecule has 1 amide bonds. The van der Waals surface area contributed by atoms with Crippen LogP contribution in [0.5, 0.6) is 0 Å². The van der Waals surface area contributed by atoms with Crippen molar-refractivity contribution in [2.75, 3.05) is 62.1 Å². The summed E-state index contributed by atoms with van der Waals surface area (Å²) in [6.45, 7) is 11.8. The molecule has 190 valence electrons. The van der Waals surface area contributed by atoms with Crippen LogP contribution in [0.15, 0.2) is 35.2 Å². The lowest BCUT2D eigenvalue weighted by molar-refractivity contribution is 0.0383. The van der Waals surface area contributed by atoms with E-state index in [0.29, 0.717) is 28.9 Å². The van der Waals surface area contributed by atoms with Crippen LogP contribution in [0.1, 0.15) is 39.9 Å². The fourth-order valence-corrected chi connectivity index (χ4v) is 6.56. The molecule has 8 nitrogen and oxygen atoms in total. The van der Waals surface area contributed by atoms with Gasteiger partial charge in [0.25, 0.3) is 15.9 Å². The topological polar surface area (TPSA) is 91.0 Å². The minimum absolute atomic E-state index is 0.191. The predicted molar refractivity (Wildman–Crippen MR) is 139 cm³/mol. The number of hydrogen-bond acceptors (Lipinski definition) is 6. The zero-order valence-corrected chi connectivity index (χ0v) is 21.7. The Bertz CT molecular complexity index is 1150. The highest BCUT2D eigenvalue weighted by Crippen LogP contribution is 2.30. The second kappa shape index (κ2) is 11.0. The quantitative estimate of drug-likeness (QED) is 0.579. The van der Waals surface area contributed by atoms with E-state index in [1.54, 1.807) is 26.0 Å². The molecule has 2 heterocycles. The summed E-state index contributed by atoms with van der Waals surface area (Å²) in [7, 11) is -3.81. The van der Waals surface area contributed by atoms with Crippen LogP contribution < -0.4 is 14.9 Å². The molecule has 4 rings (SSSR count). The molecule has 0 saturated carbocycles. The monoisotopic (exact) mass is 500 g/mol. The number of aryl methyl sites for hydroxylation is 3. The Morgan fingerprint density at radius 2 is 1.63 bits per heavy atom. The van der Waals surface area contributed by atoms with Crippen LogP contribution in [0.2, 0.25) is 0 Å². The summed E-state index contributed by atoms with van der Waals surface area (Å²) in [6.07, 6.45) is 2.16. The number of ether oxygens (including phenoxy) is 1. The molecular formula is C26H36N4O4S. The molecule has 0 radical (unpaired) electrons. The van der Waals surface area contributed by atoms with E-state index in [-0.39, 0.29) is 10.8 Å². The van der Waals surface area contributed by atoms with E-state index in [2.05, 4.69) is 19.8 Å². The van der Waals surface area contributed by atoms with Crippen molar-refractivity contribution in [2.24, 2.45) is 0 Å². The van der Waals surface area contributed by atoms with Crippen molar-refractivity contribution in [3.05, 3.63) is 52.6 Å². The highest BCUT2D eigenvalue weighted by atomic mass is 32.2. The van der Waals surface area contributed by atoms with Gasteiger partial charge in [-0.05, 0) is 62.9 Å². The van der Waals surface area contributed by atoms with Crippen molar-refractivity contribution in [3.8, 4) is 0 Å². The van der Waals surface area contributed by atoms with Crippen LogP contribution in [-0.4, -0.2) is 71.7 Å². The molecule has 2 saturated heterocycles. The molecular weight excluding hydrogens is 464 g/mol. The van der Waals surface area contributed by atoms with Crippen LogP contribution in [0, 0.1) is 20.8 Å². The van der Waals surface area contributed by atoms with Crippen molar-refractivity contribution in [1.29, 1.82) is 0 Å². The Balaban J connectivity index is 1.55. The Hall–Kier alpha value is -2.62. The van der Waals surface area contributed by atoms with Crippen LogP contribution in [0.4, 0.5) is 11.4 Å². The van der Waals surface area contributed by atoms with Gasteiger partial charge in [-0.2, -0.15) is 0 Å². The Morgan fingerprint density at radius 1 is 0.971 bits per heavy atom. The van der Waals surface area contributed by atoms with Crippen LogP contribution in [0.25, 0.3) is 0 Å². The average Bonchev–Trinajstić information content (AvgIpc) is 3.33. The molecule has 0 spiro atoms. The van der Waals surface area contributed by atoms with Gasteiger partial charge in [-0.1, -0.05) is 17.7 Å². The van der Waals surface area contributed by atoms with Gasteiger partial charge >= 0.3 is 0 Å². The second-order valence-corrected chi connectivity index (χ2v) is 11.1. The number of hydrogen-bond donors (Lipinski definition) is 2. The van der Waals surface area contributed by atoms with Gasteiger partial charge in [-0.25, -0.2) is 8.42 Å². The SMILES string of the molecule is Cc1cc(C)c(S(=O)(=O)Nc2ccc(N3CCCC3)c(C(=O)NCCN3CCOCC3)c2)c(C)c1. The molecule has 0 unspecified atom stereocenters. The number of carbonyl (C=O) groups excluding carboxylic acids is 1. The van der Waals surface area contributed by atoms with Crippen molar-refractivity contribution < 1.29 is 17.9 Å². The minimum Gasteiger partial charge on any atom is -0.379 e. The first-order valence-corrected chi connectivity index (χ1v) is 13.8. The molecule has 9 heteroatoms.